The molecule has 0 radical (unpaired) electrons. The van der Waals surface area contributed by atoms with Crippen LogP contribution in [-0.4, -0.2) is 110 Å². The molecule has 25 heavy (non-hydrogen) atoms. The number of carbonyl (C=O) groups is 2. The number of piperidine rings is 1. The van der Waals surface area contributed by atoms with Crippen molar-refractivity contribution in [2.24, 2.45) is 0 Å². The molecule has 2 aliphatic heterocycles. The second-order valence-corrected chi connectivity index (χ2v) is 7.07. The van der Waals surface area contributed by atoms with E-state index in [0.29, 0.717) is 25.7 Å². The molecule has 0 spiro atoms. The first-order chi connectivity index (χ1) is 12.0. The van der Waals surface area contributed by atoms with Gasteiger partial charge in [-0.25, -0.2) is 0 Å². The minimum absolute atomic E-state index is 0.118. The molecule has 0 unspecified atom stereocenters. The van der Waals surface area contributed by atoms with Crippen molar-refractivity contribution in [1.82, 2.24) is 19.6 Å². The van der Waals surface area contributed by atoms with Gasteiger partial charge in [0.15, 0.2) is 6.61 Å². The first-order valence-corrected chi connectivity index (χ1v) is 9.61. The topological polar surface area (TPSA) is 56.3 Å². The van der Waals surface area contributed by atoms with E-state index >= 15 is 0 Å². The minimum Gasteiger partial charge on any atom is -0.455 e. The first kappa shape index (κ1) is 20.1. The van der Waals surface area contributed by atoms with Crippen LogP contribution in [0.2, 0.25) is 0 Å². The molecule has 7 nitrogen and oxygen atoms in total. The van der Waals surface area contributed by atoms with E-state index in [4.69, 9.17) is 4.74 Å². The third kappa shape index (κ3) is 6.24. The van der Waals surface area contributed by atoms with Gasteiger partial charge in [-0.1, -0.05) is 0 Å². The lowest BCUT2D eigenvalue weighted by Gasteiger charge is -2.41. The molecule has 0 aromatic rings. The molecule has 0 aromatic carbocycles. The summed E-state index contributed by atoms with van der Waals surface area (Å²) in [6.07, 6.45) is 2.21. The van der Waals surface area contributed by atoms with Crippen molar-refractivity contribution in [3.63, 3.8) is 0 Å². The van der Waals surface area contributed by atoms with E-state index in [0.717, 1.165) is 52.1 Å². The molecule has 2 fully saturated rings. The number of carbonyl (C=O) groups excluding carboxylic acids is 2. The Hall–Kier alpha value is -1.18. The van der Waals surface area contributed by atoms with E-state index in [1.54, 1.807) is 4.90 Å². The van der Waals surface area contributed by atoms with Gasteiger partial charge in [-0.2, -0.15) is 0 Å². The molecular weight excluding hydrogens is 320 g/mol. The van der Waals surface area contributed by atoms with Gasteiger partial charge in [0.05, 0.1) is 6.54 Å². The van der Waals surface area contributed by atoms with E-state index in [1.807, 2.05) is 13.8 Å². The Morgan fingerprint density at radius 3 is 2.16 bits per heavy atom. The Morgan fingerprint density at radius 2 is 1.60 bits per heavy atom. The number of likely N-dealkylation sites (N-methyl/N-ethyl adjacent to an activating group) is 2. The Labute approximate surface area is 151 Å². The van der Waals surface area contributed by atoms with Gasteiger partial charge in [-0.15, -0.1) is 0 Å². The largest absolute Gasteiger partial charge is 0.455 e. The van der Waals surface area contributed by atoms with Crippen LogP contribution in [0.15, 0.2) is 0 Å². The zero-order valence-corrected chi connectivity index (χ0v) is 16.1. The van der Waals surface area contributed by atoms with Crippen LogP contribution in [0, 0.1) is 0 Å². The molecule has 0 aromatic heterocycles. The number of piperazine rings is 1. The summed E-state index contributed by atoms with van der Waals surface area (Å²) in [6.45, 7) is 11.7. The molecule has 2 rings (SSSR count). The van der Waals surface area contributed by atoms with Crippen molar-refractivity contribution in [2.75, 3.05) is 72.6 Å². The summed E-state index contributed by atoms with van der Waals surface area (Å²) in [5.41, 5.74) is 0. The zero-order chi connectivity index (χ0) is 18.2. The monoisotopic (exact) mass is 354 g/mol. The molecule has 0 atom stereocenters. The van der Waals surface area contributed by atoms with E-state index in [9.17, 15) is 9.59 Å². The maximum Gasteiger partial charge on any atom is 0.320 e. The number of nitrogens with zero attached hydrogens (tertiary/aromatic N) is 4. The SMILES string of the molecule is CCN(CC)C(=O)COC(=O)CN1CCC(N2CCN(C)CC2)CC1. The first-order valence-electron chi connectivity index (χ1n) is 9.61. The van der Waals surface area contributed by atoms with Crippen molar-refractivity contribution in [1.29, 1.82) is 0 Å². The van der Waals surface area contributed by atoms with Gasteiger partial charge in [0, 0.05) is 58.4 Å². The predicted octanol–water partition coefficient (Wildman–Crippen LogP) is 0.110. The quantitative estimate of drug-likeness (QED) is 0.605. The summed E-state index contributed by atoms with van der Waals surface area (Å²) in [5.74, 6) is -0.411. The van der Waals surface area contributed by atoms with Crippen LogP contribution in [0.25, 0.3) is 0 Å². The Balaban J connectivity index is 1.64. The third-order valence-electron chi connectivity index (χ3n) is 5.44. The fourth-order valence-corrected chi connectivity index (χ4v) is 3.67. The highest BCUT2D eigenvalue weighted by Crippen LogP contribution is 2.18. The molecule has 0 aliphatic carbocycles. The number of rotatable bonds is 7. The molecule has 144 valence electrons. The number of amides is 1. The van der Waals surface area contributed by atoms with Crippen molar-refractivity contribution in [3.8, 4) is 0 Å². The molecule has 7 heteroatoms. The van der Waals surface area contributed by atoms with Crippen LogP contribution in [0.3, 0.4) is 0 Å². The van der Waals surface area contributed by atoms with Gasteiger partial charge in [0.25, 0.3) is 5.91 Å². The number of ether oxygens (including phenoxy) is 1. The number of hydrogen-bond donors (Lipinski definition) is 0. The van der Waals surface area contributed by atoms with Gasteiger partial charge in [-0.05, 0) is 33.7 Å². The summed E-state index contributed by atoms with van der Waals surface area (Å²) >= 11 is 0. The van der Waals surface area contributed by atoms with E-state index < -0.39 is 0 Å². The van der Waals surface area contributed by atoms with E-state index in [1.165, 1.54) is 0 Å². The van der Waals surface area contributed by atoms with Gasteiger partial charge in [0.2, 0.25) is 0 Å². The van der Waals surface area contributed by atoms with Crippen LogP contribution in [0.4, 0.5) is 0 Å². The molecule has 1 amide bonds. The van der Waals surface area contributed by atoms with Crippen molar-refractivity contribution < 1.29 is 14.3 Å². The van der Waals surface area contributed by atoms with Gasteiger partial charge in [0.1, 0.15) is 0 Å². The number of esters is 1. The molecule has 2 aliphatic rings. The average Bonchev–Trinajstić information content (AvgIpc) is 2.62. The van der Waals surface area contributed by atoms with Gasteiger partial charge < -0.3 is 14.5 Å². The summed E-state index contributed by atoms with van der Waals surface area (Å²) in [6, 6.07) is 0.644. The Bertz CT molecular complexity index is 426. The highest BCUT2D eigenvalue weighted by Gasteiger charge is 2.27. The third-order valence-corrected chi connectivity index (χ3v) is 5.44. The zero-order valence-electron chi connectivity index (χ0n) is 16.1. The van der Waals surface area contributed by atoms with Crippen molar-refractivity contribution in [3.05, 3.63) is 0 Å². The van der Waals surface area contributed by atoms with Gasteiger partial charge >= 0.3 is 5.97 Å². The molecule has 0 N–H and O–H groups in total. The fraction of sp³-hybridized carbons (Fsp3) is 0.889. The molecular formula is C18H34N4O3. The molecule has 0 bridgehead atoms. The smallest absolute Gasteiger partial charge is 0.320 e. The van der Waals surface area contributed by atoms with Gasteiger partial charge in [-0.3, -0.25) is 19.4 Å². The lowest BCUT2D eigenvalue weighted by atomic mass is 10.0. The molecule has 2 saturated heterocycles. The van der Waals surface area contributed by atoms with Crippen LogP contribution in [-0.2, 0) is 14.3 Å². The second-order valence-electron chi connectivity index (χ2n) is 7.07. The fourth-order valence-electron chi connectivity index (χ4n) is 3.67. The maximum absolute atomic E-state index is 12.0. The Morgan fingerprint density at radius 1 is 1.00 bits per heavy atom. The van der Waals surface area contributed by atoms with E-state index in [2.05, 4.69) is 21.7 Å². The number of likely N-dealkylation sites (tertiary alicyclic amines) is 1. The molecule has 2 heterocycles. The predicted molar refractivity (Wildman–Crippen MR) is 97.4 cm³/mol. The summed E-state index contributed by atoms with van der Waals surface area (Å²) in [7, 11) is 2.18. The van der Waals surface area contributed by atoms with Crippen molar-refractivity contribution >= 4 is 11.9 Å². The molecule has 0 saturated carbocycles. The van der Waals surface area contributed by atoms with Crippen LogP contribution in [0.1, 0.15) is 26.7 Å². The van der Waals surface area contributed by atoms with Crippen LogP contribution >= 0.6 is 0 Å². The highest BCUT2D eigenvalue weighted by molar-refractivity contribution is 5.81. The van der Waals surface area contributed by atoms with Crippen molar-refractivity contribution in [2.45, 2.75) is 32.7 Å². The lowest BCUT2D eigenvalue weighted by Crippen LogP contribution is -2.52. The number of hydrogen-bond acceptors (Lipinski definition) is 6. The highest BCUT2D eigenvalue weighted by atomic mass is 16.5. The van der Waals surface area contributed by atoms with Crippen LogP contribution < -0.4 is 0 Å². The average molecular weight is 354 g/mol. The van der Waals surface area contributed by atoms with E-state index in [-0.39, 0.29) is 18.5 Å². The normalized spacial score (nSPS) is 21.2. The minimum atomic E-state index is -0.293. The summed E-state index contributed by atoms with van der Waals surface area (Å²) in [4.78, 5) is 32.6. The Kier molecular flexibility index (Phi) is 8.12. The standard InChI is InChI=1S/C18H34N4O3/c1-4-21(5-2)17(23)15-25-18(24)14-20-8-6-16(7-9-20)22-12-10-19(3)11-13-22/h16H,4-15H2,1-3H3. The summed E-state index contributed by atoms with van der Waals surface area (Å²) in [5, 5.41) is 0. The maximum atomic E-state index is 12.0. The van der Waals surface area contributed by atoms with Crippen LogP contribution in [0.5, 0.6) is 0 Å². The summed E-state index contributed by atoms with van der Waals surface area (Å²) < 4.78 is 5.16. The second kappa shape index (κ2) is 10.1. The lowest BCUT2D eigenvalue weighted by molar-refractivity contribution is -0.153.